The molecule has 0 atom stereocenters. The molecule has 0 saturated carbocycles. The molecular weight excluding hydrogens is 324 g/mol. The molecule has 132 valence electrons. The molecule has 1 aliphatic heterocycles. The molecule has 4 rings (SSSR count). The van der Waals surface area contributed by atoms with Crippen LogP contribution in [0.5, 0.6) is 0 Å². The number of hydrogen-bond acceptors (Lipinski definition) is 4. The predicted molar refractivity (Wildman–Crippen MR) is 103 cm³/mol. The van der Waals surface area contributed by atoms with Crippen LogP contribution < -0.4 is 0 Å². The number of carbonyl (C=O) groups is 1. The summed E-state index contributed by atoms with van der Waals surface area (Å²) in [5, 5.41) is 0.910. The maximum absolute atomic E-state index is 13.3. The van der Waals surface area contributed by atoms with Gasteiger partial charge in [0.15, 0.2) is 0 Å². The van der Waals surface area contributed by atoms with E-state index < -0.39 is 0 Å². The highest BCUT2D eigenvalue weighted by molar-refractivity contribution is 6.07. The first-order valence-electron chi connectivity index (χ1n) is 9.00. The highest BCUT2D eigenvalue weighted by Crippen LogP contribution is 2.25. The van der Waals surface area contributed by atoms with Gasteiger partial charge in [-0.3, -0.25) is 9.78 Å². The number of carbonyl (C=O) groups excluding carboxylic acids is 1. The van der Waals surface area contributed by atoms with Crippen LogP contribution in [-0.2, 0) is 0 Å². The lowest BCUT2D eigenvalue weighted by Gasteiger charge is -2.22. The molecule has 1 aromatic carbocycles. The SMILES string of the molecule is CN1CCCN(C(=O)c2cc(-c3ccncc3)nc3ccccc23)CC1. The van der Waals surface area contributed by atoms with E-state index in [1.807, 2.05) is 47.4 Å². The van der Waals surface area contributed by atoms with E-state index in [0.717, 1.165) is 60.3 Å². The van der Waals surface area contributed by atoms with Crippen molar-refractivity contribution in [3.63, 3.8) is 0 Å². The first-order chi connectivity index (χ1) is 12.7. The maximum atomic E-state index is 13.3. The number of hydrogen-bond donors (Lipinski definition) is 0. The van der Waals surface area contributed by atoms with Crippen LogP contribution in [-0.4, -0.2) is 58.9 Å². The number of amides is 1. The van der Waals surface area contributed by atoms with Crippen molar-refractivity contribution in [1.29, 1.82) is 0 Å². The summed E-state index contributed by atoms with van der Waals surface area (Å²) in [6, 6.07) is 13.6. The van der Waals surface area contributed by atoms with E-state index in [4.69, 9.17) is 4.98 Å². The standard InChI is InChI=1S/C21H22N4O/c1-24-11-4-12-25(14-13-24)21(26)18-15-20(16-7-9-22-10-8-16)23-19-6-3-2-5-17(18)19/h2-3,5-10,15H,4,11-14H2,1H3. The smallest absolute Gasteiger partial charge is 0.254 e. The summed E-state index contributed by atoms with van der Waals surface area (Å²) in [5.41, 5.74) is 3.35. The van der Waals surface area contributed by atoms with Crippen LogP contribution in [0.3, 0.4) is 0 Å². The van der Waals surface area contributed by atoms with E-state index in [0.29, 0.717) is 0 Å². The second kappa shape index (κ2) is 7.22. The number of benzene rings is 1. The molecule has 0 N–H and O–H groups in total. The van der Waals surface area contributed by atoms with E-state index >= 15 is 0 Å². The molecule has 2 aromatic heterocycles. The molecular formula is C21H22N4O. The zero-order valence-electron chi connectivity index (χ0n) is 14.9. The lowest BCUT2D eigenvalue weighted by atomic mass is 10.0. The lowest BCUT2D eigenvalue weighted by molar-refractivity contribution is 0.0765. The molecule has 0 radical (unpaired) electrons. The molecule has 5 nitrogen and oxygen atoms in total. The van der Waals surface area contributed by atoms with Gasteiger partial charge in [0.1, 0.15) is 0 Å². The molecule has 1 saturated heterocycles. The zero-order valence-corrected chi connectivity index (χ0v) is 14.9. The maximum Gasteiger partial charge on any atom is 0.254 e. The Labute approximate surface area is 153 Å². The Morgan fingerprint density at radius 2 is 1.81 bits per heavy atom. The van der Waals surface area contributed by atoms with Crippen molar-refractivity contribution in [1.82, 2.24) is 19.8 Å². The topological polar surface area (TPSA) is 49.3 Å². The van der Waals surface area contributed by atoms with Gasteiger partial charge in [0, 0.05) is 43.0 Å². The van der Waals surface area contributed by atoms with E-state index in [9.17, 15) is 4.79 Å². The number of fused-ring (bicyclic) bond motifs is 1. The number of para-hydroxylation sites is 1. The lowest BCUT2D eigenvalue weighted by Crippen LogP contribution is -2.34. The van der Waals surface area contributed by atoms with E-state index in [2.05, 4.69) is 16.9 Å². The second-order valence-corrected chi connectivity index (χ2v) is 6.76. The van der Waals surface area contributed by atoms with Crippen LogP contribution in [0.2, 0.25) is 0 Å². The Kier molecular flexibility index (Phi) is 4.63. The molecule has 3 heterocycles. The summed E-state index contributed by atoms with van der Waals surface area (Å²) in [7, 11) is 2.11. The molecule has 3 aromatic rings. The third-order valence-electron chi connectivity index (χ3n) is 4.93. The summed E-state index contributed by atoms with van der Waals surface area (Å²) in [5.74, 6) is 0.0919. The van der Waals surface area contributed by atoms with Gasteiger partial charge in [-0.25, -0.2) is 4.98 Å². The van der Waals surface area contributed by atoms with Crippen LogP contribution in [0.1, 0.15) is 16.8 Å². The Balaban J connectivity index is 1.79. The van der Waals surface area contributed by atoms with Crippen LogP contribution in [0.4, 0.5) is 0 Å². The molecule has 26 heavy (non-hydrogen) atoms. The number of nitrogens with zero attached hydrogens (tertiary/aromatic N) is 4. The van der Waals surface area contributed by atoms with Crippen molar-refractivity contribution in [2.45, 2.75) is 6.42 Å². The minimum atomic E-state index is 0.0919. The van der Waals surface area contributed by atoms with Gasteiger partial charge in [0.25, 0.3) is 5.91 Å². The average molecular weight is 346 g/mol. The summed E-state index contributed by atoms with van der Waals surface area (Å²) in [4.78, 5) is 26.4. The van der Waals surface area contributed by atoms with E-state index in [1.54, 1.807) is 12.4 Å². The van der Waals surface area contributed by atoms with Crippen molar-refractivity contribution in [2.24, 2.45) is 0 Å². The van der Waals surface area contributed by atoms with Crippen LogP contribution in [0.25, 0.3) is 22.2 Å². The number of aromatic nitrogens is 2. The van der Waals surface area contributed by atoms with Crippen molar-refractivity contribution >= 4 is 16.8 Å². The van der Waals surface area contributed by atoms with Crippen molar-refractivity contribution in [3.05, 3.63) is 60.4 Å². The number of pyridine rings is 2. The van der Waals surface area contributed by atoms with Crippen LogP contribution in [0, 0.1) is 0 Å². The van der Waals surface area contributed by atoms with E-state index in [-0.39, 0.29) is 5.91 Å². The largest absolute Gasteiger partial charge is 0.337 e. The van der Waals surface area contributed by atoms with Gasteiger partial charge in [-0.2, -0.15) is 0 Å². The fourth-order valence-electron chi connectivity index (χ4n) is 3.44. The van der Waals surface area contributed by atoms with Crippen LogP contribution >= 0.6 is 0 Å². The molecule has 0 unspecified atom stereocenters. The molecule has 5 heteroatoms. The van der Waals surface area contributed by atoms with Gasteiger partial charge in [0.2, 0.25) is 0 Å². The number of rotatable bonds is 2. The summed E-state index contributed by atoms with van der Waals surface area (Å²) in [6.07, 6.45) is 4.50. The second-order valence-electron chi connectivity index (χ2n) is 6.76. The third kappa shape index (κ3) is 3.30. The third-order valence-corrected chi connectivity index (χ3v) is 4.93. The van der Waals surface area contributed by atoms with Gasteiger partial charge in [-0.05, 0) is 44.3 Å². The average Bonchev–Trinajstić information content (AvgIpc) is 2.92. The van der Waals surface area contributed by atoms with Crippen molar-refractivity contribution < 1.29 is 4.79 Å². The van der Waals surface area contributed by atoms with Crippen molar-refractivity contribution in [2.75, 3.05) is 33.2 Å². The Morgan fingerprint density at radius 1 is 1.00 bits per heavy atom. The molecule has 0 bridgehead atoms. The Morgan fingerprint density at radius 3 is 2.65 bits per heavy atom. The minimum Gasteiger partial charge on any atom is -0.337 e. The summed E-state index contributed by atoms with van der Waals surface area (Å²) < 4.78 is 0. The summed E-state index contributed by atoms with van der Waals surface area (Å²) in [6.45, 7) is 3.50. The highest BCUT2D eigenvalue weighted by atomic mass is 16.2. The van der Waals surface area contributed by atoms with Crippen LogP contribution in [0.15, 0.2) is 54.9 Å². The van der Waals surface area contributed by atoms with Gasteiger partial charge < -0.3 is 9.80 Å². The quantitative estimate of drug-likeness (QED) is 0.715. The normalized spacial score (nSPS) is 15.8. The molecule has 1 fully saturated rings. The molecule has 1 amide bonds. The zero-order chi connectivity index (χ0) is 17.9. The van der Waals surface area contributed by atoms with Gasteiger partial charge in [0.05, 0.1) is 16.8 Å². The Hall–Kier alpha value is -2.79. The molecule has 0 aliphatic carbocycles. The molecule has 1 aliphatic rings. The minimum absolute atomic E-state index is 0.0919. The van der Waals surface area contributed by atoms with Gasteiger partial charge in [-0.15, -0.1) is 0 Å². The fraction of sp³-hybridized carbons (Fsp3) is 0.286. The monoisotopic (exact) mass is 346 g/mol. The Bertz CT molecular complexity index is 926. The predicted octanol–water partition coefficient (Wildman–Crippen LogP) is 3.07. The highest BCUT2D eigenvalue weighted by Gasteiger charge is 2.21. The number of likely N-dealkylation sites (N-methyl/N-ethyl adjacent to an activating group) is 1. The van der Waals surface area contributed by atoms with Crippen molar-refractivity contribution in [3.8, 4) is 11.3 Å². The first-order valence-corrected chi connectivity index (χ1v) is 9.00. The van der Waals surface area contributed by atoms with Gasteiger partial charge in [-0.1, -0.05) is 18.2 Å². The van der Waals surface area contributed by atoms with E-state index in [1.165, 1.54) is 0 Å². The van der Waals surface area contributed by atoms with Gasteiger partial charge >= 0.3 is 0 Å². The summed E-state index contributed by atoms with van der Waals surface area (Å²) >= 11 is 0. The molecule has 0 spiro atoms. The fourth-order valence-corrected chi connectivity index (χ4v) is 3.44. The first kappa shape index (κ1) is 16.7.